The van der Waals surface area contributed by atoms with Gasteiger partial charge < -0.3 is 10.6 Å². The normalized spacial score (nSPS) is 18.1. The van der Waals surface area contributed by atoms with E-state index < -0.39 is 0 Å². The van der Waals surface area contributed by atoms with Gasteiger partial charge in [-0.05, 0) is 43.5 Å². The fourth-order valence-corrected chi connectivity index (χ4v) is 2.21. The third-order valence-electron chi connectivity index (χ3n) is 3.01. The average Bonchev–Trinajstić information content (AvgIpc) is 2.30. The van der Waals surface area contributed by atoms with Gasteiger partial charge in [-0.25, -0.2) is 0 Å². The highest BCUT2D eigenvalue weighted by Gasteiger charge is 2.16. The van der Waals surface area contributed by atoms with Crippen molar-refractivity contribution in [1.29, 1.82) is 0 Å². The number of anilines is 1. The van der Waals surface area contributed by atoms with E-state index in [1.807, 2.05) is 7.05 Å². The molecule has 14 heavy (non-hydrogen) atoms. The molecule has 2 rings (SSSR count). The minimum absolute atomic E-state index is 0.736. The summed E-state index contributed by atoms with van der Waals surface area (Å²) in [6.07, 6.45) is 2.53. The van der Waals surface area contributed by atoms with E-state index in [4.69, 9.17) is 0 Å². The van der Waals surface area contributed by atoms with Crippen molar-refractivity contribution in [3.05, 3.63) is 29.8 Å². The highest BCUT2D eigenvalue weighted by Crippen LogP contribution is 2.30. The average molecular weight is 190 g/mol. The van der Waals surface area contributed by atoms with Crippen LogP contribution in [0, 0.1) is 0 Å². The molecule has 2 nitrogen and oxygen atoms in total. The third kappa shape index (κ3) is 1.90. The molecule has 1 aliphatic rings. The zero-order valence-corrected chi connectivity index (χ0v) is 8.72. The summed E-state index contributed by atoms with van der Waals surface area (Å²) in [6.45, 7) is 2.31. The van der Waals surface area contributed by atoms with E-state index in [1.165, 1.54) is 24.1 Å². The van der Waals surface area contributed by atoms with Crippen LogP contribution in [0.1, 0.15) is 24.3 Å². The molecule has 2 N–H and O–H groups in total. The lowest BCUT2D eigenvalue weighted by molar-refractivity contribution is 0.461. The molecule has 0 amide bonds. The molecule has 76 valence electrons. The predicted octanol–water partition coefficient (Wildman–Crippen LogP) is 2.20. The van der Waals surface area contributed by atoms with Gasteiger partial charge in [0.05, 0.1) is 0 Å². The minimum atomic E-state index is 0.736. The number of benzene rings is 1. The van der Waals surface area contributed by atoms with E-state index in [0.29, 0.717) is 0 Å². The summed E-state index contributed by atoms with van der Waals surface area (Å²) in [7, 11) is 2.00. The molecular weight excluding hydrogens is 172 g/mol. The SMILES string of the molecule is CNc1ccccc1C1CCNCC1. The number of para-hydroxylation sites is 1. The maximum absolute atomic E-state index is 3.40. The second-order valence-electron chi connectivity index (χ2n) is 3.86. The Hall–Kier alpha value is -1.02. The monoisotopic (exact) mass is 190 g/mol. The van der Waals surface area contributed by atoms with Crippen LogP contribution in [-0.4, -0.2) is 20.1 Å². The lowest BCUT2D eigenvalue weighted by Gasteiger charge is -2.24. The molecule has 1 heterocycles. The van der Waals surface area contributed by atoms with Gasteiger partial charge in [-0.1, -0.05) is 18.2 Å². The Morgan fingerprint density at radius 3 is 2.64 bits per heavy atom. The van der Waals surface area contributed by atoms with Gasteiger partial charge in [0, 0.05) is 12.7 Å². The van der Waals surface area contributed by atoms with Gasteiger partial charge in [0.25, 0.3) is 0 Å². The molecule has 1 saturated heterocycles. The van der Waals surface area contributed by atoms with Crippen molar-refractivity contribution in [2.24, 2.45) is 0 Å². The largest absolute Gasteiger partial charge is 0.388 e. The number of nitrogens with one attached hydrogen (secondary N) is 2. The maximum atomic E-state index is 3.40. The van der Waals surface area contributed by atoms with Gasteiger partial charge in [-0.15, -0.1) is 0 Å². The van der Waals surface area contributed by atoms with Crippen molar-refractivity contribution in [1.82, 2.24) is 5.32 Å². The molecule has 0 aromatic heterocycles. The third-order valence-corrected chi connectivity index (χ3v) is 3.01. The van der Waals surface area contributed by atoms with E-state index in [1.54, 1.807) is 0 Å². The molecule has 0 unspecified atom stereocenters. The van der Waals surface area contributed by atoms with Crippen LogP contribution >= 0.6 is 0 Å². The topological polar surface area (TPSA) is 24.1 Å². The Morgan fingerprint density at radius 1 is 1.21 bits per heavy atom. The van der Waals surface area contributed by atoms with Crippen LogP contribution in [0.25, 0.3) is 0 Å². The Kier molecular flexibility index (Phi) is 3.04. The Balaban J connectivity index is 2.20. The lowest BCUT2D eigenvalue weighted by Crippen LogP contribution is -2.26. The summed E-state index contributed by atoms with van der Waals surface area (Å²) in [5.41, 5.74) is 2.77. The molecule has 1 aliphatic heterocycles. The van der Waals surface area contributed by atoms with E-state index in [2.05, 4.69) is 34.9 Å². The van der Waals surface area contributed by atoms with Crippen molar-refractivity contribution in [3.8, 4) is 0 Å². The van der Waals surface area contributed by atoms with Gasteiger partial charge in [0.1, 0.15) is 0 Å². The van der Waals surface area contributed by atoms with Gasteiger partial charge >= 0.3 is 0 Å². The highest BCUT2D eigenvalue weighted by atomic mass is 14.9. The molecule has 1 aromatic rings. The second kappa shape index (κ2) is 4.47. The van der Waals surface area contributed by atoms with Crippen LogP contribution < -0.4 is 10.6 Å². The van der Waals surface area contributed by atoms with Gasteiger partial charge in [-0.2, -0.15) is 0 Å². The van der Waals surface area contributed by atoms with Gasteiger partial charge in [-0.3, -0.25) is 0 Å². The summed E-state index contributed by atoms with van der Waals surface area (Å²) in [5.74, 6) is 0.736. The quantitative estimate of drug-likeness (QED) is 0.747. The standard InChI is InChI=1S/C12H18N2/c1-13-12-5-3-2-4-11(12)10-6-8-14-9-7-10/h2-5,10,13-14H,6-9H2,1H3. The lowest BCUT2D eigenvalue weighted by atomic mass is 9.89. The zero-order valence-electron chi connectivity index (χ0n) is 8.72. The smallest absolute Gasteiger partial charge is 0.0372 e. The van der Waals surface area contributed by atoms with Crippen LogP contribution in [0.2, 0.25) is 0 Å². The molecule has 0 aliphatic carbocycles. The van der Waals surface area contributed by atoms with Crippen LogP contribution in [0.15, 0.2) is 24.3 Å². The van der Waals surface area contributed by atoms with Gasteiger partial charge in [0.15, 0.2) is 0 Å². The summed E-state index contributed by atoms with van der Waals surface area (Å²) < 4.78 is 0. The first-order valence-corrected chi connectivity index (χ1v) is 5.39. The molecule has 1 aromatic carbocycles. The first-order chi connectivity index (χ1) is 6.92. The molecule has 0 bridgehead atoms. The molecular formula is C12H18N2. The van der Waals surface area contributed by atoms with Crippen LogP contribution in [0.5, 0.6) is 0 Å². The molecule has 1 fully saturated rings. The maximum Gasteiger partial charge on any atom is 0.0372 e. The minimum Gasteiger partial charge on any atom is -0.388 e. The van der Waals surface area contributed by atoms with Crippen LogP contribution in [0.3, 0.4) is 0 Å². The van der Waals surface area contributed by atoms with Crippen molar-refractivity contribution in [2.75, 3.05) is 25.5 Å². The first-order valence-electron chi connectivity index (χ1n) is 5.39. The molecule has 0 saturated carbocycles. The van der Waals surface area contributed by atoms with Crippen molar-refractivity contribution in [3.63, 3.8) is 0 Å². The van der Waals surface area contributed by atoms with E-state index in [-0.39, 0.29) is 0 Å². The fourth-order valence-electron chi connectivity index (χ4n) is 2.21. The molecule has 2 heteroatoms. The molecule has 0 spiro atoms. The van der Waals surface area contributed by atoms with Crippen molar-refractivity contribution >= 4 is 5.69 Å². The van der Waals surface area contributed by atoms with Crippen molar-refractivity contribution < 1.29 is 0 Å². The van der Waals surface area contributed by atoms with E-state index in [9.17, 15) is 0 Å². The zero-order chi connectivity index (χ0) is 9.80. The van der Waals surface area contributed by atoms with E-state index >= 15 is 0 Å². The summed E-state index contributed by atoms with van der Waals surface area (Å²) in [6, 6.07) is 8.65. The van der Waals surface area contributed by atoms with Crippen LogP contribution in [-0.2, 0) is 0 Å². The number of hydrogen-bond donors (Lipinski definition) is 2. The molecule has 0 radical (unpaired) electrons. The first kappa shape index (κ1) is 9.53. The number of piperidine rings is 1. The fraction of sp³-hybridized carbons (Fsp3) is 0.500. The Bertz CT molecular complexity index is 290. The van der Waals surface area contributed by atoms with Gasteiger partial charge in [0.2, 0.25) is 0 Å². The summed E-state index contributed by atoms with van der Waals surface area (Å²) in [5, 5.41) is 6.67. The number of rotatable bonds is 2. The van der Waals surface area contributed by atoms with E-state index in [0.717, 1.165) is 19.0 Å². The Labute approximate surface area is 85.7 Å². The predicted molar refractivity (Wildman–Crippen MR) is 60.8 cm³/mol. The number of hydrogen-bond acceptors (Lipinski definition) is 2. The molecule has 0 atom stereocenters. The highest BCUT2D eigenvalue weighted by molar-refractivity contribution is 5.52. The second-order valence-corrected chi connectivity index (χ2v) is 3.86. The summed E-state index contributed by atoms with van der Waals surface area (Å²) >= 11 is 0. The Morgan fingerprint density at radius 2 is 1.93 bits per heavy atom. The summed E-state index contributed by atoms with van der Waals surface area (Å²) in [4.78, 5) is 0. The van der Waals surface area contributed by atoms with Crippen molar-refractivity contribution in [2.45, 2.75) is 18.8 Å². The van der Waals surface area contributed by atoms with Crippen LogP contribution in [0.4, 0.5) is 5.69 Å².